The van der Waals surface area contributed by atoms with E-state index < -0.39 is 62.5 Å². The number of allylic oxidation sites excluding steroid dienone is 9. The SMILES string of the molecule is COCCCS(=O)(=O)N(CCCNC(=O)CCCC1(C)C(/C=C/C=C/C=C2\C=C(C(C)(C)C)Oc3cc4c(cc32)C(C)=CC(C)(C)N4CCCS(=O)(=O)O)=[N+](CCCS(=O)(=O)O)c2ccc(S(=O)(=O)O)cc21)CCOCCOC. The van der Waals surface area contributed by atoms with Crippen molar-refractivity contribution in [3.8, 4) is 5.75 Å². The number of methoxy groups -OCH3 is 2. The Morgan fingerprint density at radius 3 is 2.16 bits per heavy atom. The zero-order chi connectivity index (χ0) is 58.6. The van der Waals surface area contributed by atoms with Crippen LogP contribution in [0.3, 0.4) is 0 Å². The van der Waals surface area contributed by atoms with Crippen LogP contribution < -0.4 is 15.0 Å². The van der Waals surface area contributed by atoms with Crippen LogP contribution in [0.25, 0.3) is 11.1 Å². The molecule has 3 aliphatic heterocycles. The average Bonchev–Trinajstić information content (AvgIpc) is 3.57. The van der Waals surface area contributed by atoms with E-state index >= 15 is 0 Å². The molecule has 0 aliphatic carbocycles. The summed E-state index contributed by atoms with van der Waals surface area (Å²) >= 11 is 0. The summed E-state index contributed by atoms with van der Waals surface area (Å²) in [6.45, 7) is 16.2. The van der Waals surface area contributed by atoms with Crippen molar-refractivity contribution in [3.05, 3.63) is 95.3 Å². The third kappa shape index (κ3) is 18.5. The van der Waals surface area contributed by atoms with Crippen molar-refractivity contribution in [3.63, 3.8) is 0 Å². The number of ether oxygens (including phenoxy) is 4. The van der Waals surface area contributed by atoms with Crippen molar-refractivity contribution in [2.45, 2.75) is 109 Å². The predicted molar refractivity (Wildman–Crippen MR) is 307 cm³/mol. The highest BCUT2D eigenvalue weighted by Crippen LogP contribution is 2.48. The highest BCUT2D eigenvalue weighted by Gasteiger charge is 2.48. The van der Waals surface area contributed by atoms with E-state index in [-0.39, 0.29) is 81.0 Å². The van der Waals surface area contributed by atoms with Gasteiger partial charge in [0.15, 0.2) is 5.71 Å². The van der Waals surface area contributed by atoms with Crippen LogP contribution >= 0.6 is 0 Å². The van der Waals surface area contributed by atoms with E-state index in [4.69, 9.17) is 18.9 Å². The van der Waals surface area contributed by atoms with Crippen LogP contribution in [0.5, 0.6) is 5.75 Å². The van der Waals surface area contributed by atoms with E-state index in [1.54, 1.807) is 19.3 Å². The number of carbonyl (C=O) groups is 1. The number of anilines is 1. The summed E-state index contributed by atoms with van der Waals surface area (Å²) in [5.41, 5.74) is 4.36. The Bertz CT molecular complexity index is 3170. The molecule has 0 saturated carbocycles. The number of hydrogen-bond donors (Lipinski definition) is 4. The lowest BCUT2D eigenvalue weighted by molar-refractivity contribution is -0.437. The maximum Gasteiger partial charge on any atom is 0.294 e. The summed E-state index contributed by atoms with van der Waals surface area (Å²) in [4.78, 5) is 15.1. The third-order valence-electron chi connectivity index (χ3n) is 14.0. The first kappa shape index (κ1) is 65.2. The van der Waals surface area contributed by atoms with E-state index in [1.807, 2.05) is 89.5 Å². The van der Waals surface area contributed by atoms with Crippen LogP contribution in [0.15, 0.2) is 83.5 Å². The fraction of sp³-hybridized carbons (Fsp3) is 0.564. The van der Waals surface area contributed by atoms with Gasteiger partial charge in [0.1, 0.15) is 18.1 Å². The van der Waals surface area contributed by atoms with Gasteiger partial charge < -0.3 is 29.2 Å². The summed E-state index contributed by atoms with van der Waals surface area (Å²) in [6, 6.07) is 8.24. The lowest BCUT2D eigenvalue weighted by atomic mass is 9.75. The number of benzene rings is 2. The molecule has 2 aromatic carbocycles. The van der Waals surface area contributed by atoms with E-state index in [0.717, 1.165) is 28.0 Å². The van der Waals surface area contributed by atoms with Gasteiger partial charge in [-0.3, -0.25) is 18.5 Å². The number of hydrogen-bond acceptors (Lipinski definition) is 14. The summed E-state index contributed by atoms with van der Waals surface area (Å²) in [6.07, 6.45) is 14.9. The minimum Gasteiger partial charge on any atom is -0.460 e. The molecule has 3 aliphatic rings. The van der Waals surface area contributed by atoms with Crippen LogP contribution in [0.4, 0.5) is 11.4 Å². The highest BCUT2D eigenvalue weighted by atomic mass is 32.2. The number of amides is 1. The van der Waals surface area contributed by atoms with Crippen LogP contribution in [0.1, 0.15) is 110 Å². The molecule has 0 bridgehead atoms. The van der Waals surface area contributed by atoms with Crippen molar-refractivity contribution in [1.29, 1.82) is 0 Å². The predicted octanol–water partition coefficient (Wildman–Crippen LogP) is 7.37. The van der Waals surface area contributed by atoms with Crippen molar-refractivity contribution in [1.82, 2.24) is 9.62 Å². The van der Waals surface area contributed by atoms with E-state index in [2.05, 4.69) is 22.4 Å². The molecule has 4 N–H and O–H groups in total. The Morgan fingerprint density at radius 2 is 1.51 bits per heavy atom. The van der Waals surface area contributed by atoms with Gasteiger partial charge in [0.25, 0.3) is 30.4 Å². The molecule has 2 aromatic rings. The first-order chi connectivity index (χ1) is 36.8. The van der Waals surface area contributed by atoms with Gasteiger partial charge >= 0.3 is 0 Å². The highest BCUT2D eigenvalue weighted by molar-refractivity contribution is 7.89. The molecule has 24 heteroatoms. The molecule has 20 nitrogen and oxygen atoms in total. The Labute approximate surface area is 468 Å². The molecular weight excluding hydrogens is 1100 g/mol. The molecule has 79 heavy (non-hydrogen) atoms. The lowest BCUT2D eigenvalue weighted by Crippen LogP contribution is -2.46. The normalized spacial score (nSPS) is 18.3. The molecule has 1 unspecified atom stereocenters. The van der Waals surface area contributed by atoms with Crippen molar-refractivity contribution in [2.24, 2.45) is 5.41 Å². The van der Waals surface area contributed by atoms with Gasteiger partial charge in [-0.25, -0.2) is 8.42 Å². The van der Waals surface area contributed by atoms with Crippen LogP contribution in [-0.4, -0.2) is 164 Å². The number of nitrogens with zero attached hydrogens (tertiary/aromatic N) is 3. The van der Waals surface area contributed by atoms with Gasteiger partial charge in [-0.15, -0.1) is 0 Å². The van der Waals surface area contributed by atoms with Crippen LogP contribution in [-0.2, 0) is 64.8 Å². The zero-order valence-electron chi connectivity index (χ0n) is 47.0. The maximum atomic E-state index is 13.4. The number of rotatable bonds is 31. The molecule has 3 heterocycles. The van der Waals surface area contributed by atoms with E-state index in [9.17, 15) is 52.1 Å². The molecule has 0 aromatic heterocycles. The second-order valence-electron chi connectivity index (χ2n) is 21.8. The third-order valence-corrected chi connectivity index (χ3v) is 18.4. The standard InChI is InChI=1S/C55H80N4O16S4/c1-41-40-54(5,6)59(27-16-35-78(66,67)68)48-39-49-45(38-44(41)48)42(36-51(75-49)53(2,3)4)18-11-10-12-19-50-55(7,46-37-43(79(69,70)71)21-22-47(46)58(50)26-15-34-77(63,64)65)23-13-20-52(60)56-24-14-25-57(28-30-74-32-31-73-9)76(61,62)33-17-29-72-8/h10-12,18-19,21-22,36-40H,13-17,20,23-35H2,1-9H3,(H3-,56,60,63,64,65,66,67,68,69,70,71)/p+1. The second-order valence-corrected chi connectivity index (χ2v) is 28.4. The molecular formula is C55H81N4O16S4+. The van der Waals surface area contributed by atoms with Gasteiger partial charge in [0, 0.05) is 106 Å². The largest absolute Gasteiger partial charge is 0.460 e. The van der Waals surface area contributed by atoms with Crippen molar-refractivity contribution < 1.29 is 75.6 Å². The van der Waals surface area contributed by atoms with Gasteiger partial charge in [-0.05, 0) is 95.2 Å². The van der Waals surface area contributed by atoms with Gasteiger partial charge in [-0.1, -0.05) is 51.2 Å². The Kier molecular flexibility index (Phi) is 22.7. The molecule has 1 amide bonds. The molecule has 5 rings (SSSR count). The van der Waals surface area contributed by atoms with E-state index in [0.29, 0.717) is 73.9 Å². The topological polar surface area (TPSA) is 273 Å². The molecule has 0 spiro atoms. The average molecular weight is 1180 g/mol. The molecule has 1 atom stereocenters. The summed E-state index contributed by atoms with van der Waals surface area (Å²) in [5, 5.41) is 2.89. The minimum atomic E-state index is -4.66. The second kappa shape index (κ2) is 27.4. The fourth-order valence-corrected chi connectivity index (χ4v) is 13.1. The van der Waals surface area contributed by atoms with Gasteiger partial charge in [0.05, 0.1) is 52.9 Å². The summed E-state index contributed by atoms with van der Waals surface area (Å²) in [5.74, 6) is 0.0210. The number of fused-ring (bicyclic) bond motifs is 3. The fourth-order valence-electron chi connectivity index (χ4n) is 10.1. The van der Waals surface area contributed by atoms with Crippen LogP contribution in [0, 0.1) is 5.41 Å². The Morgan fingerprint density at radius 1 is 0.810 bits per heavy atom. The molecule has 0 saturated heterocycles. The van der Waals surface area contributed by atoms with E-state index in [1.165, 1.54) is 23.5 Å². The van der Waals surface area contributed by atoms with Crippen molar-refractivity contribution >= 4 is 74.5 Å². The number of sulfonamides is 1. The van der Waals surface area contributed by atoms with Crippen molar-refractivity contribution in [2.75, 3.05) is 95.5 Å². The Balaban J connectivity index is 1.44. The lowest BCUT2D eigenvalue weighted by Gasteiger charge is -2.44. The summed E-state index contributed by atoms with van der Waals surface area (Å²) < 4.78 is 153. The molecule has 440 valence electrons. The quantitative estimate of drug-likeness (QED) is 0.0248. The maximum absolute atomic E-state index is 13.4. The van der Waals surface area contributed by atoms with Crippen LogP contribution in [0.2, 0.25) is 0 Å². The smallest absolute Gasteiger partial charge is 0.294 e. The first-order valence-electron chi connectivity index (χ1n) is 26.4. The molecule has 0 radical (unpaired) electrons. The van der Waals surface area contributed by atoms with Gasteiger partial charge in [0.2, 0.25) is 21.6 Å². The Hall–Kier alpha value is -4.60. The summed E-state index contributed by atoms with van der Waals surface area (Å²) in [7, 11) is -13.8. The first-order valence-corrected chi connectivity index (χ1v) is 32.7. The monoisotopic (exact) mass is 1180 g/mol. The number of carbonyl (C=O) groups excluding carboxylic acids is 1. The minimum absolute atomic E-state index is 0.00489. The zero-order valence-corrected chi connectivity index (χ0v) is 50.3. The van der Waals surface area contributed by atoms with Gasteiger partial charge in [-0.2, -0.15) is 34.1 Å². The number of nitrogens with one attached hydrogen (secondary N) is 1. The molecule has 0 fully saturated rings.